The van der Waals surface area contributed by atoms with Crippen molar-refractivity contribution in [2.75, 3.05) is 26.1 Å². The number of rotatable bonds is 10. The minimum Gasteiger partial charge on any atom is -0.493 e. The topological polar surface area (TPSA) is 82.6 Å². The molecule has 1 unspecified atom stereocenters. The second-order valence-corrected chi connectivity index (χ2v) is 8.69. The predicted octanol–water partition coefficient (Wildman–Crippen LogP) is 5.06. The fraction of sp³-hybridized carbons (Fsp3) is 0.286. The van der Waals surface area contributed by atoms with Crippen LogP contribution in [0.5, 0.6) is 17.2 Å². The van der Waals surface area contributed by atoms with Gasteiger partial charge in [0.1, 0.15) is 5.75 Å². The van der Waals surface area contributed by atoms with E-state index >= 15 is 0 Å². The van der Waals surface area contributed by atoms with Gasteiger partial charge >= 0.3 is 0 Å². The molecule has 1 N–H and O–H groups in total. The average molecular weight is 446 g/mol. The van der Waals surface area contributed by atoms with Gasteiger partial charge < -0.3 is 19.5 Å². The zero-order valence-electron chi connectivity index (χ0n) is 17.2. The standard InChI is InChI=1S/C21H23N3O4S2/c1-5-28-16-9-7-6-8-15(16)22-20-23-24-21(30-20)29-13(2)19(25)14-10-11-17(26-3)18(12-14)27-4/h6-13H,5H2,1-4H3,(H,22,23). The lowest BCUT2D eigenvalue weighted by Gasteiger charge is -2.11. The number of nitrogens with one attached hydrogen (secondary N) is 1. The summed E-state index contributed by atoms with van der Waals surface area (Å²) in [5, 5.41) is 11.9. The van der Waals surface area contributed by atoms with Crippen molar-refractivity contribution in [3.05, 3.63) is 48.0 Å². The van der Waals surface area contributed by atoms with Gasteiger partial charge in [-0.3, -0.25) is 4.79 Å². The molecule has 1 heterocycles. The maximum Gasteiger partial charge on any atom is 0.210 e. The maximum atomic E-state index is 12.8. The van der Waals surface area contributed by atoms with E-state index in [1.165, 1.54) is 23.1 Å². The Morgan fingerprint density at radius 1 is 1.10 bits per heavy atom. The molecule has 0 bridgehead atoms. The Kier molecular flexibility index (Phi) is 7.53. The number of aromatic nitrogens is 2. The first-order valence-electron chi connectivity index (χ1n) is 9.31. The lowest BCUT2D eigenvalue weighted by molar-refractivity contribution is 0.0993. The number of methoxy groups -OCH3 is 2. The number of hydrogen-bond donors (Lipinski definition) is 1. The SMILES string of the molecule is CCOc1ccccc1Nc1nnc(SC(C)C(=O)c2ccc(OC)c(OC)c2)s1. The fourth-order valence-corrected chi connectivity index (χ4v) is 4.69. The molecule has 158 valence electrons. The van der Waals surface area contributed by atoms with Crippen LogP contribution in [0.2, 0.25) is 0 Å². The van der Waals surface area contributed by atoms with Crippen LogP contribution >= 0.6 is 23.1 Å². The highest BCUT2D eigenvalue weighted by atomic mass is 32.2. The summed E-state index contributed by atoms with van der Waals surface area (Å²) in [5.41, 5.74) is 1.38. The molecule has 3 rings (SSSR count). The number of hydrogen-bond acceptors (Lipinski definition) is 9. The number of thioether (sulfide) groups is 1. The van der Waals surface area contributed by atoms with E-state index in [1.807, 2.05) is 38.1 Å². The minimum atomic E-state index is -0.334. The number of carbonyl (C=O) groups is 1. The molecule has 0 fully saturated rings. The van der Waals surface area contributed by atoms with Crippen molar-refractivity contribution in [3.8, 4) is 17.2 Å². The number of nitrogens with zero attached hydrogens (tertiary/aromatic N) is 2. The molecule has 9 heteroatoms. The van der Waals surface area contributed by atoms with E-state index in [1.54, 1.807) is 32.4 Å². The van der Waals surface area contributed by atoms with Crippen LogP contribution in [0.3, 0.4) is 0 Å². The van der Waals surface area contributed by atoms with Crippen LogP contribution in [-0.4, -0.2) is 42.1 Å². The Labute approximate surface area is 183 Å². The molecule has 0 aliphatic rings. The Morgan fingerprint density at radius 3 is 2.60 bits per heavy atom. The van der Waals surface area contributed by atoms with Crippen molar-refractivity contribution in [3.63, 3.8) is 0 Å². The summed E-state index contributed by atoms with van der Waals surface area (Å²) in [6, 6.07) is 12.8. The third-order valence-electron chi connectivity index (χ3n) is 4.15. The predicted molar refractivity (Wildman–Crippen MR) is 120 cm³/mol. The van der Waals surface area contributed by atoms with E-state index in [4.69, 9.17) is 14.2 Å². The van der Waals surface area contributed by atoms with Gasteiger partial charge in [0.05, 0.1) is 31.8 Å². The first-order valence-corrected chi connectivity index (χ1v) is 11.0. The fourth-order valence-electron chi connectivity index (χ4n) is 2.70. The summed E-state index contributed by atoms with van der Waals surface area (Å²) in [6.07, 6.45) is 0. The molecule has 2 aromatic carbocycles. The van der Waals surface area contributed by atoms with Crippen LogP contribution in [0.15, 0.2) is 46.8 Å². The number of Topliss-reactive ketones (excluding diaryl/α,β-unsaturated/α-hetero) is 1. The van der Waals surface area contributed by atoms with Crippen LogP contribution < -0.4 is 19.5 Å². The monoisotopic (exact) mass is 445 g/mol. The second-order valence-electron chi connectivity index (χ2n) is 6.12. The molecular formula is C21H23N3O4S2. The van der Waals surface area contributed by atoms with Crippen LogP contribution in [0.4, 0.5) is 10.8 Å². The molecule has 3 aromatic rings. The Balaban J connectivity index is 1.68. The van der Waals surface area contributed by atoms with Crippen molar-refractivity contribution in [1.82, 2.24) is 10.2 Å². The smallest absolute Gasteiger partial charge is 0.210 e. The summed E-state index contributed by atoms with van der Waals surface area (Å²) < 4.78 is 16.8. The third kappa shape index (κ3) is 5.22. The van der Waals surface area contributed by atoms with Crippen LogP contribution in [0.25, 0.3) is 0 Å². The van der Waals surface area contributed by atoms with Crippen molar-refractivity contribution in [1.29, 1.82) is 0 Å². The molecular weight excluding hydrogens is 422 g/mol. The lowest BCUT2D eigenvalue weighted by atomic mass is 10.1. The van der Waals surface area contributed by atoms with Crippen molar-refractivity contribution in [2.24, 2.45) is 0 Å². The maximum absolute atomic E-state index is 12.8. The van der Waals surface area contributed by atoms with Gasteiger partial charge in [-0.1, -0.05) is 35.2 Å². The average Bonchev–Trinajstić information content (AvgIpc) is 3.20. The zero-order chi connectivity index (χ0) is 21.5. The van der Waals surface area contributed by atoms with Crippen LogP contribution in [-0.2, 0) is 0 Å². The highest BCUT2D eigenvalue weighted by Gasteiger charge is 2.20. The summed E-state index contributed by atoms with van der Waals surface area (Å²) in [5.74, 6) is 1.84. The first-order chi connectivity index (χ1) is 14.5. The number of anilines is 2. The van der Waals surface area contributed by atoms with E-state index in [0.29, 0.717) is 33.1 Å². The van der Waals surface area contributed by atoms with Crippen LogP contribution in [0, 0.1) is 0 Å². The molecule has 0 radical (unpaired) electrons. The number of carbonyl (C=O) groups excluding carboxylic acids is 1. The minimum absolute atomic E-state index is 0.0210. The van der Waals surface area contributed by atoms with Crippen molar-refractivity contribution in [2.45, 2.75) is 23.4 Å². The molecule has 0 saturated heterocycles. The van der Waals surface area contributed by atoms with Gasteiger partial charge in [-0.2, -0.15) is 0 Å². The quantitative estimate of drug-likeness (QED) is 0.342. The zero-order valence-corrected chi connectivity index (χ0v) is 18.8. The molecule has 0 spiro atoms. The normalized spacial score (nSPS) is 11.6. The third-order valence-corrected chi connectivity index (χ3v) is 6.17. The van der Waals surface area contributed by atoms with Gasteiger partial charge in [-0.25, -0.2) is 0 Å². The summed E-state index contributed by atoms with van der Waals surface area (Å²) in [6.45, 7) is 4.36. The van der Waals surface area contributed by atoms with E-state index in [0.717, 1.165) is 11.4 Å². The molecule has 0 amide bonds. The van der Waals surface area contributed by atoms with E-state index in [2.05, 4.69) is 15.5 Å². The van der Waals surface area contributed by atoms with Gasteiger partial charge in [0, 0.05) is 5.56 Å². The highest BCUT2D eigenvalue weighted by Crippen LogP contribution is 2.35. The molecule has 7 nitrogen and oxygen atoms in total. The van der Waals surface area contributed by atoms with E-state index < -0.39 is 0 Å². The highest BCUT2D eigenvalue weighted by molar-refractivity contribution is 8.02. The second kappa shape index (κ2) is 10.3. The Morgan fingerprint density at radius 2 is 1.87 bits per heavy atom. The van der Waals surface area contributed by atoms with Crippen LogP contribution in [0.1, 0.15) is 24.2 Å². The number of ketones is 1. The molecule has 0 aliphatic carbocycles. The van der Waals surface area contributed by atoms with Gasteiger partial charge in [-0.15, -0.1) is 10.2 Å². The summed E-state index contributed by atoms with van der Waals surface area (Å²) in [7, 11) is 3.11. The molecule has 0 aliphatic heterocycles. The lowest BCUT2D eigenvalue weighted by Crippen LogP contribution is -2.13. The van der Waals surface area contributed by atoms with Crippen molar-refractivity contribution >= 4 is 39.7 Å². The first kappa shape index (κ1) is 21.9. The van der Waals surface area contributed by atoms with Gasteiger partial charge in [0.2, 0.25) is 5.13 Å². The number of benzene rings is 2. The van der Waals surface area contributed by atoms with Gasteiger partial charge in [0.15, 0.2) is 21.6 Å². The summed E-state index contributed by atoms with van der Waals surface area (Å²) >= 11 is 2.75. The molecule has 1 atom stereocenters. The van der Waals surface area contributed by atoms with Crippen molar-refractivity contribution < 1.29 is 19.0 Å². The molecule has 30 heavy (non-hydrogen) atoms. The molecule has 0 saturated carbocycles. The summed E-state index contributed by atoms with van der Waals surface area (Å²) in [4.78, 5) is 12.8. The van der Waals surface area contributed by atoms with E-state index in [9.17, 15) is 4.79 Å². The molecule has 1 aromatic heterocycles. The number of para-hydroxylation sites is 2. The number of ether oxygens (including phenoxy) is 3. The Hall–Kier alpha value is -2.78. The Bertz CT molecular complexity index is 1010. The van der Waals surface area contributed by atoms with Gasteiger partial charge in [-0.05, 0) is 44.2 Å². The van der Waals surface area contributed by atoms with Gasteiger partial charge in [0.25, 0.3) is 0 Å². The largest absolute Gasteiger partial charge is 0.493 e. The van der Waals surface area contributed by atoms with E-state index in [-0.39, 0.29) is 11.0 Å².